The first-order chi connectivity index (χ1) is 13.8. The van der Waals surface area contributed by atoms with Crippen LogP contribution in [0.15, 0.2) is 53.7 Å². The minimum Gasteiger partial charge on any atom is -0.300 e. The summed E-state index contributed by atoms with van der Waals surface area (Å²) in [7, 11) is -3.57. The fourth-order valence-corrected chi connectivity index (χ4v) is 5.95. The standard InChI is InChI=1S/C22H27N3O3S/c1-17-15-24(16-22(9-10-22)20-7-11-23-12-8-20)13-14-25(17)29(27,28)21-5-3-19(4-6-21)18(2)26/h3-8,11-12,17H,9-10,13-16H2,1-2H3. The topological polar surface area (TPSA) is 70.6 Å². The minimum absolute atomic E-state index is 0.0702. The predicted molar refractivity (Wildman–Crippen MR) is 111 cm³/mol. The van der Waals surface area contributed by atoms with E-state index in [-0.39, 0.29) is 22.1 Å². The number of nitrogens with zero attached hydrogens (tertiary/aromatic N) is 3. The Bertz CT molecular complexity index is 986. The van der Waals surface area contributed by atoms with E-state index in [4.69, 9.17) is 0 Å². The molecule has 154 valence electrons. The predicted octanol–water partition coefficient (Wildman–Crippen LogP) is 2.71. The fourth-order valence-electron chi connectivity index (χ4n) is 4.34. The Balaban J connectivity index is 1.44. The maximum Gasteiger partial charge on any atom is 0.243 e. The molecular weight excluding hydrogens is 386 g/mol. The molecule has 1 atom stereocenters. The van der Waals surface area contributed by atoms with E-state index < -0.39 is 10.0 Å². The fraction of sp³-hybridized carbons (Fsp3) is 0.455. The summed E-state index contributed by atoms with van der Waals surface area (Å²) >= 11 is 0. The van der Waals surface area contributed by atoms with E-state index in [0.717, 1.165) is 19.6 Å². The van der Waals surface area contributed by atoms with Gasteiger partial charge in [0, 0.05) is 55.6 Å². The van der Waals surface area contributed by atoms with Gasteiger partial charge < -0.3 is 0 Å². The molecule has 0 N–H and O–H groups in total. The molecule has 1 unspecified atom stereocenters. The number of ketones is 1. The van der Waals surface area contributed by atoms with Crippen LogP contribution in [0, 0.1) is 0 Å². The van der Waals surface area contributed by atoms with Gasteiger partial charge in [-0.15, -0.1) is 0 Å². The number of piperazine rings is 1. The number of aromatic nitrogens is 1. The van der Waals surface area contributed by atoms with Gasteiger partial charge in [-0.2, -0.15) is 4.31 Å². The Kier molecular flexibility index (Phi) is 5.31. The molecule has 0 amide bonds. The van der Waals surface area contributed by atoms with Gasteiger partial charge >= 0.3 is 0 Å². The monoisotopic (exact) mass is 413 g/mol. The van der Waals surface area contributed by atoms with Crippen LogP contribution < -0.4 is 0 Å². The Morgan fingerprint density at radius 1 is 1.10 bits per heavy atom. The summed E-state index contributed by atoms with van der Waals surface area (Å²) in [5.74, 6) is -0.0702. The molecular formula is C22H27N3O3S. The highest BCUT2D eigenvalue weighted by atomic mass is 32.2. The van der Waals surface area contributed by atoms with E-state index in [1.807, 2.05) is 19.3 Å². The number of Topliss-reactive ketones (excluding diaryl/α,β-unsaturated/α-hetero) is 1. The molecule has 0 radical (unpaired) electrons. The number of carbonyl (C=O) groups is 1. The van der Waals surface area contributed by atoms with E-state index in [1.165, 1.54) is 37.5 Å². The summed E-state index contributed by atoms with van der Waals surface area (Å²) in [6, 6.07) is 10.3. The maximum atomic E-state index is 13.1. The SMILES string of the molecule is CC(=O)c1ccc(S(=O)(=O)N2CCN(CC3(c4ccncc4)CC3)CC2C)cc1. The smallest absolute Gasteiger partial charge is 0.243 e. The maximum absolute atomic E-state index is 13.1. The van der Waals surface area contributed by atoms with Crippen LogP contribution >= 0.6 is 0 Å². The summed E-state index contributed by atoms with van der Waals surface area (Å²) in [6.07, 6.45) is 6.04. The summed E-state index contributed by atoms with van der Waals surface area (Å²) in [4.78, 5) is 18.2. The zero-order valence-electron chi connectivity index (χ0n) is 16.9. The zero-order valence-corrected chi connectivity index (χ0v) is 17.7. The third-order valence-corrected chi connectivity index (χ3v) is 8.22. The number of rotatable bonds is 6. The Labute approximate surface area is 172 Å². The van der Waals surface area contributed by atoms with Crippen LogP contribution in [0.3, 0.4) is 0 Å². The Morgan fingerprint density at radius 3 is 2.31 bits per heavy atom. The number of sulfonamides is 1. The van der Waals surface area contributed by atoms with Crippen LogP contribution in [-0.4, -0.2) is 60.6 Å². The lowest BCUT2D eigenvalue weighted by Gasteiger charge is -2.40. The van der Waals surface area contributed by atoms with Gasteiger partial charge in [0.25, 0.3) is 0 Å². The van der Waals surface area contributed by atoms with Gasteiger partial charge in [0.2, 0.25) is 10.0 Å². The number of carbonyl (C=O) groups excluding carboxylic acids is 1. The van der Waals surface area contributed by atoms with E-state index >= 15 is 0 Å². The molecule has 4 rings (SSSR count). The van der Waals surface area contributed by atoms with Crippen LogP contribution in [0.5, 0.6) is 0 Å². The second-order valence-electron chi connectivity index (χ2n) is 8.30. The molecule has 2 fully saturated rings. The van der Waals surface area contributed by atoms with Crippen molar-refractivity contribution in [2.75, 3.05) is 26.2 Å². The largest absolute Gasteiger partial charge is 0.300 e. The second kappa shape index (κ2) is 7.63. The van der Waals surface area contributed by atoms with Crippen molar-refractivity contribution in [3.63, 3.8) is 0 Å². The zero-order chi connectivity index (χ0) is 20.6. The number of pyridine rings is 1. The molecule has 2 aromatic rings. The average Bonchev–Trinajstić information content (AvgIpc) is 3.49. The molecule has 2 heterocycles. The molecule has 0 spiro atoms. The van der Waals surface area contributed by atoms with Gasteiger partial charge in [0.05, 0.1) is 4.90 Å². The van der Waals surface area contributed by atoms with Gasteiger partial charge in [0.15, 0.2) is 5.78 Å². The quantitative estimate of drug-likeness (QED) is 0.681. The summed E-state index contributed by atoms with van der Waals surface area (Å²) in [5, 5.41) is 0. The van der Waals surface area contributed by atoms with Crippen molar-refractivity contribution < 1.29 is 13.2 Å². The first kappa shape index (κ1) is 20.2. The second-order valence-corrected chi connectivity index (χ2v) is 10.2. The van der Waals surface area contributed by atoms with Crippen molar-refractivity contribution in [3.05, 3.63) is 59.9 Å². The molecule has 1 aromatic carbocycles. The van der Waals surface area contributed by atoms with Gasteiger partial charge in [0.1, 0.15) is 0 Å². The average molecular weight is 414 g/mol. The van der Waals surface area contributed by atoms with Crippen molar-refractivity contribution in [1.82, 2.24) is 14.2 Å². The molecule has 7 heteroatoms. The first-order valence-electron chi connectivity index (χ1n) is 10.1. The van der Waals surface area contributed by atoms with Crippen LogP contribution in [0.4, 0.5) is 0 Å². The first-order valence-corrected chi connectivity index (χ1v) is 11.5. The molecule has 0 bridgehead atoms. The third kappa shape index (κ3) is 3.99. The highest BCUT2D eigenvalue weighted by Crippen LogP contribution is 2.48. The number of benzene rings is 1. The third-order valence-electron chi connectivity index (χ3n) is 6.19. The van der Waals surface area contributed by atoms with Gasteiger partial charge in [-0.1, -0.05) is 12.1 Å². The van der Waals surface area contributed by atoms with Crippen molar-refractivity contribution in [1.29, 1.82) is 0 Å². The lowest BCUT2D eigenvalue weighted by Crippen LogP contribution is -2.55. The lowest BCUT2D eigenvalue weighted by atomic mass is 9.96. The number of hydrogen-bond acceptors (Lipinski definition) is 5. The normalized spacial score (nSPS) is 22.3. The van der Waals surface area contributed by atoms with E-state index in [2.05, 4.69) is 22.0 Å². The molecule has 1 saturated carbocycles. The molecule has 2 aliphatic rings. The number of hydrogen-bond donors (Lipinski definition) is 0. The minimum atomic E-state index is -3.57. The van der Waals surface area contributed by atoms with Crippen molar-refractivity contribution >= 4 is 15.8 Å². The van der Waals surface area contributed by atoms with Crippen molar-refractivity contribution in [2.24, 2.45) is 0 Å². The van der Waals surface area contributed by atoms with E-state index in [1.54, 1.807) is 16.4 Å². The van der Waals surface area contributed by atoms with Gasteiger partial charge in [-0.25, -0.2) is 8.42 Å². The highest BCUT2D eigenvalue weighted by Gasteiger charge is 2.46. The molecule has 6 nitrogen and oxygen atoms in total. The van der Waals surface area contributed by atoms with Crippen LogP contribution in [0.25, 0.3) is 0 Å². The molecule has 29 heavy (non-hydrogen) atoms. The van der Waals surface area contributed by atoms with Gasteiger partial charge in [-0.3, -0.25) is 14.7 Å². The Hall–Kier alpha value is -2.09. The van der Waals surface area contributed by atoms with Crippen LogP contribution in [-0.2, 0) is 15.4 Å². The molecule has 1 aromatic heterocycles. The van der Waals surface area contributed by atoms with E-state index in [9.17, 15) is 13.2 Å². The Morgan fingerprint density at radius 2 is 1.76 bits per heavy atom. The molecule has 1 aliphatic heterocycles. The summed E-state index contributed by atoms with van der Waals surface area (Å²) in [5.41, 5.74) is 2.06. The van der Waals surface area contributed by atoms with Crippen molar-refractivity contribution in [3.8, 4) is 0 Å². The summed E-state index contributed by atoms with van der Waals surface area (Å²) in [6.45, 7) is 6.33. The van der Waals surface area contributed by atoms with Crippen LogP contribution in [0.1, 0.15) is 42.6 Å². The van der Waals surface area contributed by atoms with Crippen molar-refractivity contribution in [2.45, 2.75) is 43.0 Å². The molecule has 1 aliphatic carbocycles. The van der Waals surface area contributed by atoms with E-state index in [0.29, 0.717) is 12.1 Å². The molecule has 1 saturated heterocycles. The van der Waals surface area contributed by atoms with Crippen LogP contribution in [0.2, 0.25) is 0 Å². The van der Waals surface area contributed by atoms with Gasteiger partial charge in [-0.05, 0) is 56.5 Å². The summed E-state index contributed by atoms with van der Waals surface area (Å²) < 4.78 is 27.8. The highest BCUT2D eigenvalue weighted by molar-refractivity contribution is 7.89. The lowest BCUT2D eigenvalue weighted by molar-refractivity contribution is 0.101.